The first kappa shape index (κ1) is 16.4. The van der Waals surface area contributed by atoms with Crippen molar-refractivity contribution in [2.45, 2.75) is 38.1 Å². The van der Waals surface area contributed by atoms with Crippen molar-refractivity contribution < 1.29 is 9.90 Å². The van der Waals surface area contributed by atoms with Gasteiger partial charge >= 0.3 is 0 Å². The summed E-state index contributed by atoms with van der Waals surface area (Å²) >= 11 is 12.0. The molecule has 4 N–H and O–H groups in total. The molecule has 1 aromatic carbocycles. The number of hydrogen-bond acceptors (Lipinski definition) is 3. The SMILES string of the molecule is CC1CCCC(CO)(NC(=O)c2cc(N)cc(Cl)c2Cl)C1. The molecule has 0 spiro atoms. The summed E-state index contributed by atoms with van der Waals surface area (Å²) < 4.78 is 0. The van der Waals surface area contributed by atoms with Gasteiger partial charge in [-0.1, -0.05) is 43.0 Å². The van der Waals surface area contributed by atoms with Crippen LogP contribution in [0.1, 0.15) is 43.0 Å². The first-order valence-electron chi connectivity index (χ1n) is 7.05. The Morgan fingerprint density at radius 3 is 2.86 bits per heavy atom. The van der Waals surface area contributed by atoms with Gasteiger partial charge in [-0.15, -0.1) is 0 Å². The van der Waals surface area contributed by atoms with Crippen molar-refractivity contribution in [3.05, 3.63) is 27.7 Å². The molecule has 0 aromatic heterocycles. The molecular weight excluding hydrogens is 311 g/mol. The van der Waals surface area contributed by atoms with E-state index in [0.29, 0.717) is 11.6 Å². The average Bonchev–Trinajstić information content (AvgIpc) is 2.42. The van der Waals surface area contributed by atoms with E-state index in [1.165, 1.54) is 12.1 Å². The molecule has 0 aliphatic heterocycles. The molecule has 0 radical (unpaired) electrons. The van der Waals surface area contributed by atoms with E-state index >= 15 is 0 Å². The van der Waals surface area contributed by atoms with Crippen molar-refractivity contribution in [3.63, 3.8) is 0 Å². The van der Waals surface area contributed by atoms with Crippen molar-refractivity contribution in [2.75, 3.05) is 12.3 Å². The molecule has 21 heavy (non-hydrogen) atoms. The third-order valence-corrected chi connectivity index (χ3v) is 4.87. The van der Waals surface area contributed by atoms with Crippen LogP contribution in [0.2, 0.25) is 10.0 Å². The van der Waals surface area contributed by atoms with Gasteiger partial charge in [-0.2, -0.15) is 0 Å². The number of amides is 1. The lowest BCUT2D eigenvalue weighted by atomic mass is 9.76. The minimum absolute atomic E-state index is 0.0866. The number of nitrogens with one attached hydrogen (secondary N) is 1. The van der Waals surface area contributed by atoms with Crippen molar-refractivity contribution in [1.82, 2.24) is 5.32 Å². The summed E-state index contributed by atoms with van der Waals surface area (Å²) in [5.41, 5.74) is 5.75. The maximum Gasteiger partial charge on any atom is 0.253 e. The standard InChI is InChI=1S/C15H20Cl2N2O2/c1-9-3-2-4-15(7-9,8-20)19-14(21)11-5-10(18)6-12(16)13(11)17/h5-6,9,20H,2-4,7-8,18H2,1H3,(H,19,21). The van der Waals surface area contributed by atoms with Crippen molar-refractivity contribution in [3.8, 4) is 0 Å². The Balaban J connectivity index is 2.24. The van der Waals surface area contributed by atoms with Crippen LogP contribution < -0.4 is 11.1 Å². The van der Waals surface area contributed by atoms with E-state index < -0.39 is 5.54 Å². The molecule has 2 rings (SSSR count). The molecule has 1 aliphatic carbocycles. The van der Waals surface area contributed by atoms with Crippen LogP contribution in [0.15, 0.2) is 12.1 Å². The second kappa shape index (κ2) is 6.42. The summed E-state index contributed by atoms with van der Waals surface area (Å²) in [5.74, 6) is 0.114. The number of hydrogen-bond donors (Lipinski definition) is 3. The Bertz CT molecular complexity index is 551. The number of anilines is 1. The smallest absolute Gasteiger partial charge is 0.253 e. The number of nitrogens with two attached hydrogens (primary N) is 1. The first-order valence-corrected chi connectivity index (χ1v) is 7.80. The lowest BCUT2D eigenvalue weighted by molar-refractivity contribution is 0.0697. The van der Waals surface area contributed by atoms with Crippen LogP contribution in [0.4, 0.5) is 5.69 Å². The summed E-state index contributed by atoms with van der Waals surface area (Å²) in [7, 11) is 0. The van der Waals surface area contributed by atoms with E-state index in [9.17, 15) is 9.90 Å². The molecule has 1 saturated carbocycles. The summed E-state index contributed by atoms with van der Waals surface area (Å²) in [4.78, 5) is 12.5. The summed E-state index contributed by atoms with van der Waals surface area (Å²) in [6.07, 6.45) is 3.60. The zero-order chi connectivity index (χ0) is 15.6. The third kappa shape index (κ3) is 3.62. The summed E-state index contributed by atoms with van der Waals surface area (Å²) in [5, 5.41) is 13.1. The highest BCUT2D eigenvalue weighted by Gasteiger charge is 2.36. The molecule has 2 unspecified atom stereocenters. The van der Waals surface area contributed by atoms with Crippen LogP contribution in [0, 0.1) is 5.92 Å². The lowest BCUT2D eigenvalue weighted by Crippen LogP contribution is -2.53. The van der Waals surface area contributed by atoms with Gasteiger partial charge in [0.25, 0.3) is 5.91 Å². The fourth-order valence-corrected chi connectivity index (χ4v) is 3.46. The minimum Gasteiger partial charge on any atom is -0.399 e. The van der Waals surface area contributed by atoms with Gasteiger partial charge in [-0.05, 0) is 30.9 Å². The van der Waals surface area contributed by atoms with Gasteiger partial charge in [-0.25, -0.2) is 0 Å². The normalized spacial score (nSPS) is 25.6. The molecule has 4 nitrogen and oxygen atoms in total. The van der Waals surface area contributed by atoms with Crippen molar-refractivity contribution in [2.24, 2.45) is 5.92 Å². The number of halogens is 2. The van der Waals surface area contributed by atoms with Gasteiger partial charge in [0.05, 0.1) is 27.8 Å². The van der Waals surface area contributed by atoms with E-state index in [1.807, 2.05) is 0 Å². The van der Waals surface area contributed by atoms with Gasteiger partial charge < -0.3 is 16.2 Å². The van der Waals surface area contributed by atoms with Gasteiger partial charge in [0.1, 0.15) is 0 Å². The Morgan fingerprint density at radius 1 is 1.52 bits per heavy atom. The molecule has 0 heterocycles. The molecule has 0 bridgehead atoms. The van der Waals surface area contributed by atoms with Gasteiger partial charge in [0, 0.05) is 5.69 Å². The lowest BCUT2D eigenvalue weighted by Gasteiger charge is -2.39. The van der Waals surface area contributed by atoms with E-state index in [-0.39, 0.29) is 28.1 Å². The molecular formula is C15H20Cl2N2O2. The summed E-state index contributed by atoms with van der Waals surface area (Å²) in [6, 6.07) is 3.01. The molecule has 2 atom stereocenters. The van der Waals surface area contributed by atoms with Crippen molar-refractivity contribution >= 4 is 34.8 Å². The van der Waals surface area contributed by atoms with Crippen LogP contribution in [-0.4, -0.2) is 23.2 Å². The molecule has 6 heteroatoms. The summed E-state index contributed by atoms with van der Waals surface area (Å²) in [6.45, 7) is 2.04. The highest BCUT2D eigenvalue weighted by molar-refractivity contribution is 6.44. The number of nitrogen functional groups attached to an aromatic ring is 1. The number of carbonyl (C=O) groups is 1. The van der Waals surface area contributed by atoms with E-state index in [1.54, 1.807) is 0 Å². The number of benzene rings is 1. The van der Waals surface area contributed by atoms with Gasteiger partial charge in [0.2, 0.25) is 0 Å². The quantitative estimate of drug-likeness (QED) is 0.744. The van der Waals surface area contributed by atoms with E-state index in [4.69, 9.17) is 28.9 Å². The van der Waals surface area contributed by atoms with Crippen LogP contribution in [0.3, 0.4) is 0 Å². The number of aliphatic hydroxyl groups is 1. The number of rotatable bonds is 3. The molecule has 1 aliphatic rings. The Hall–Kier alpha value is -0.970. The number of carbonyl (C=O) groups excluding carboxylic acids is 1. The van der Waals surface area contributed by atoms with E-state index in [2.05, 4.69) is 12.2 Å². The van der Waals surface area contributed by atoms with Crippen LogP contribution in [0.5, 0.6) is 0 Å². The topological polar surface area (TPSA) is 75.3 Å². The molecule has 1 fully saturated rings. The zero-order valence-corrected chi connectivity index (χ0v) is 13.5. The monoisotopic (exact) mass is 330 g/mol. The molecule has 1 amide bonds. The predicted octanol–water partition coefficient (Wildman–Crippen LogP) is 3.25. The minimum atomic E-state index is -0.588. The van der Waals surface area contributed by atoms with Crippen molar-refractivity contribution in [1.29, 1.82) is 0 Å². The number of aliphatic hydroxyl groups excluding tert-OH is 1. The maximum atomic E-state index is 12.5. The zero-order valence-electron chi connectivity index (χ0n) is 12.0. The fraction of sp³-hybridized carbons (Fsp3) is 0.533. The molecule has 1 aromatic rings. The molecule has 0 saturated heterocycles. The largest absolute Gasteiger partial charge is 0.399 e. The Morgan fingerprint density at radius 2 is 2.24 bits per heavy atom. The average molecular weight is 331 g/mol. The highest BCUT2D eigenvalue weighted by atomic mass is 35.5. The molecule has 116 valence electrons. The third-order valence-electron chi connectivity index (χ3n) is 4.07. The highest BCUT2D eigenvalue weighted by Crippen LogP contribution is 2.33. The van der Waals surface area contributed by atoms with Gasteiger partial charge in [0.15, 0.2) is 0 Å². The Labute approximate surface area is 134 Å². The van der Waals surface area contributed by atoms with Crippen LogP contribution in [-0.2, 0) is 0 Å². The van der Waals surface area contributed by atoms with Crippen LogP contribution >= 0.6 is 23.2 Å². The van der Waals surface area contributed by atoms with Gasteiger partial charge in [-0.3, -0.25) is 4.79 Å². The fourth-order valence-electron chi connectivity index (χ4n) is 3.04. The second-order valence-electron chi connectivity index (χ2n) is 5.96. The first-order chi connectivity index (χ1) is 9.87. The second-order valence-corrected chi connectivity index (χ2v) is 6.74. The Kier molecular flexibility index (Phi) is 5.02. The van der Waals surface area contributed by atoms with E-state index in [0.717, 1.165) is 25.7 Å². The maximum absolute atomic E-state index is 12.5. The van der Waals surface area contributed by atoms with Crippen LogP contribution in [0.25, 0.3) is 0 Å². The predicted molar refractivity (Wildman–Crippen MR) is 85.8 cm³/mol.